The Labute approximate surface area is 81.9 Å². The Morgan fingerprint density at radius 3 is 3.00 bits per heavy atom. The van der Waals surface area contributed by atoms with Gasteiger partial charge in [0, 0.05) is 18.0 Å². The van der Waals surface area contributed by atoms with Crippen molar-refractivity contribution in [3.8, 4) is 0 Å². The molecule has 1 aromatic heterocycles. The van der Waals surface area contributed by atoms with E-state index in [0.29, 0.717) is 5.56 Å². The summed E-state index contributed by atoms with van der Waals surface area (Å²) in [6, 6.07) is 3.35. The lowest BCUT2D eigenvalue weighted by atomic mass is 10.1. The minimum atomic E-state index is -0.553. The molecule has 0 amide bonds. The molecule has 0 atom stereocenters. The number of aromatic nitrogens is 1. The van der Waals surface area contributed by atoms with Gasteiger partial charge in [0.15, 0.2) is 0 Å². The third-order valence-corrected chi connectivity index (χ3v) is 1.60. The van der Waals surface area contributed by atoms with Crippen molar-refractivity contribution < 1.29 is 14.6 Å². The van der Waals surface area contributed by atoms with Crippen LogP contribution in [0.4, 0.5) is 0 Å². The van der Waals surface area contributed by atoms with Crippen LogP contribution in [0.2, 0.25) is 0 Å². The number of aliphatic hydroxyl groups excluding tert-OH is 1. The largest absolute Gasteiger partial charge is 0.515 e. The van der Waals surface area contributed by atoms with E-state index >= 15 is 0 Å². The number of rotatable bonds is 3. The van der Waals surface area contributed by atoms with Crippen LogP contribution in [0.15, 0.2) is 30.8 Å². The van der Waals surface area contributed by atoms with Gasteiger partial charge in [0.25, 0.3) is 0 Å². The van der Waals surface area contributed by atoms with Crippen LogP contribution < -0.4 is 0 Å². The van der Waals surface area contributed by atoms with Gasteiger partial charge in [-0.25, -0.2) is 4.79 Å². The summed E-state index contributed by atoms with van der Waals surface area (Å²) in [6.07, 6.45) is 3.80. The maximum absolute atomic E-state index is 11.3. The van der Waals surface area contributed by atoms with Crippen LogP contribution in [0.25, 0.3) is 5.57 Å². The van der Waals surface area contributed by atoms with Crippen molar-refractivity contribution in [2.45, 2.75) is 6.92 Å². The number of carbonyl (C=O) groups is 1. The average molecular weight is 193 g/mol. The Morgan fingerprint density at radius 2 is 2.50 bits per heavy atom. The number of esters is 1. The van der Waals surface area contributed by atoms with E-state index in [-0.39, 0.29) is 12.2 Å². The Balaban J connectivity index is 2.89. The zero-order valence-corrected chi connectivity index (χ0v) is 7.80. The molecule has 1 aromatic rings. The molecule has 14 heavy (non-hydrogen) atoms. The minimum absolute atomic E-state index is 0.111. The van der Waals surface area contributed by atoms with E-state index in [1.807, 2.05) is 0 Å². The second-order valence-corrected chi connectivity index (χ2v) is 2.50. The normalized spacial score (nSPS) is 11.1. The van der Waals surface area contributed by atoms with Crippen molar-refractivity contribution in [2.24, 2.45) is 0 Å². The maximum atomic E-state index is 11.3. The fourth-order valence-corrected chi connectivity index (χ4v) is 0.976. The number of nitrogens with zero attached hydrogens (tertiary/aromatic N) is 1. The molecule has 0 saturated heterocycles. The molecule has 0 unspecified atom stereocenters. The van der Waals surface area contributed by atoms with E-state index in [1.165, 1.54) is 6.20 Å². The molecular formula is C10H11NO3. The van der Waals surface area contributed by atoms with Crippen molar-refractivity contribution in [3.05, 3.63) is 36.4 Å². The SMILES string of the molecule is CCOC(=O)/C(=C\O)c1cccnc1. The molecule has 0 bridgehead atoms. The maximum Gasteiger partial charge on any atom is 0.341 e. The second kappa shape index (κ2) is 5.01. The molecule has 0 aliphatic carbocycles. The van der Waals surface area contributed by atoms with Gasteiger partial charge < -0.3 is 9.84 Å². The zero-order valence-electron chi connectivity index (χ0n) is 7.80. The molecule has 0 fully saturated rings. The molecule has 4 nitrogen and oxygen atoms in total. The molecule has 4 heteroatoms. The van der Waals surface area contributed by atoms with Gasteiger partial charge in [-0.3, -0.25) is 4.98 Å². The van der Waals surface area contributed by atoms with Crippen LogP contribution >= 0.6 is 0 Å². The molecule has 1 N–H and O–H groups in total. The summed E-state index contributed by atoms with van der Waals surface area (Å²) in [4.78, 5) is 15.1. The van der Waals surface area contributed by atoms with Crippen LogP contribution in [0.5, 0.6) is 0 Å². The van der Waals surface area contributed by atoms with Crippen molar-refractivity contribution in [1.82, 2.24) is 4.98 Å². The number of ether oxygens (including phenoxy) is 1. The van der Waals surface area contributed by atoms with E-state index in [1.54, 1.807) is 25.3 Å². The Hall–Kier alpha value is -1.84. The molecule has 0 saturated carbocycles. The minimum Gasteiger partial charge on any atom is -0.515 e. The summed E-state index contributed by atoms with van der Waals surface area (Å²) < 4.78 is 4.75. The first kappa shape index (κ1) is 10.2. The smallest absolute Gasteiger partial charge is 0.341 e. The Kier molecular flexibility index (Phi) is 3.67. The molecule has 1 heterocycles. The van der Waals surface area contributed by atoms with Crippen LogP contribution in [-0.2, 0) is 9.53 Å². The summed E-state index contributed by atoms with van der Waals surface area (Å²) in [5.41, 5.74) is 0.647. The predicted molar refractivity (Wildman–Crippen MR) is 51.5 cm³/mol. The predicted octanol–water partition coefficient (Wildman–Crippen LogP) is 1.54. The molecule has 1 rings (SSSR count). The van der Waals surface area contributed by atoms with E-state index in [4.69, 9.17) is 9.84 Å². The van der Waals surface area contributed by atoms with Crippen molar-refractivity contribution >= 4 is 11.5 Å². The number of hydrogen-bond donors (Lipinski definition) is 1. The van der Waals surface area contributed by atoms with Gasteiger partial charge in [0.1, 0.15) is 5.57 Å². The average Bonchev–Trinajstić information content (AvgIpc) is 2.21. The highest BCUT2D eigenvalue weighted by molar-refractivity contribution is 6.15. The molecule has 0 spiro atoms. The van der Waals surface area contributed by atoms with Gasteiger partial charge in [-0.05, 0) is 13.0 Å². The molecule has 0 aromatic carbocycles. The highest BCUT2D eigenvalue weighted by Crippen LogP contribution is 2.13. The summed E-state index contributed by atoms with van der Waals surface area (Å²) in [6.45, 7) is 1.98. The lowest BCUT2D eigenvalue weighted by Crippen LogP contribution is -2.07. The first-order valence-corrected chi connectivity index (χ1v) is 4.21. The summed E-state index contributed by atoms with van der Waals surface area (Å²) >= 11 is 0. The Morgan fingerprint density at radius 1 is 1.71 bits per heavy atom. The number of carbonyl (C=O) groups excluding carboxylic acids is 1. The molecule has 0 radical (unpaired) electrons. The van der Waals surface area contributed by atoms with Crippen molar-refractivity contribution in [3.63, 3.8) is 0 Å². The van der Waals surface area contributed by atoms with E-state index in [2.05, 4.69) is 4.98 Å². The van der Waals surface area contributed by atoms with Gasteiger partial charge in [-0.15, -0.1) is 0 Å². The lowest BCUT2D eigenvalue weighted by molar-refractivity contribution is -0.136. The van der Waals surface area contributed by atoms with Crippen LogP contribution in [0.3, 0.4) is 0 Å². The van der Waals surface area contributed by atoms with Gasteiger partial charge in [-0.1, -0.05) is 6.07 Å². The second-order valence-electron chi connectivity index (χ2n) is 2.50. The van der Waals surface area contributed by atoms with Gasteiger partial charge in [0.2, 0.25) is 0 Å². The Bertz CT molecular complexity index is 332. The number of hydrogen-bond acceptors (Lipinski definition) is 4. The summed E-state index contributed by atoms with van der Waals surface area (Å²) in [5, 5.41) is 8.89. The fraction of sp³-hybridized carbons (Fsp3) is 0.200. The van der Waals surface area contributed by atoms with Gasteiger partial charge >= 0.3 is 5.97 Å². The summed E-state index contributed by atoms with van der Waals surface area (Å²) in [7, 11) is 0. The van der Waals surface area contributed by atoms with Crippen LogP contribution in [0, 0.1) is 0 Å². The molecule has 0 aliphatic rings. The van der Waals surface area contributed by atoms with Crippen LogP contribution in [0.1, 0.15) is 12.5 Å². The first-order valence-electron chi connectivity index (χ1n) is 4.21. The highest BCUT2D eigenvalue weighted by Gasteiger charge is 2.12. The number of aliphatic hydroxyl groups is 1. The lowest BCUT2D eigenvalue weighted by Gasteiger charge is -2.04. The zero-order chi connectivity index (χ0) is 10.4. The monoisotopic (exact) mass is 193 g/mol. The van der Waals surface area contributed by atoms with Gasteiger partial charge in [0.05, 0.1) is 12.9 Å². The standard InChI is InChI=1S/C10H11NO3/c1-2-14-10(13)9(7-12)8-4-3-5-11-6-8/h3-7,12H,2H2,1H3/b9-7-. The third kappa shape index (κ3) is 2.32. The van der Waals surface area contributed by atoms with Crippen molar-refractivity contribution in [1.29, 1.82) is 0 Å². The molecular weight excluding hydrogens is 182 g/mol. The third-order valence-electron chi connectivity index (χ3n) is 1.60. The van der Waals surface area contributed by atoms with E-state index in [9.17, 15) is 4.79 Å². The highest BCUT2D eigenvalue weighted by atomic mass is 16.5. The van der Waals surface area contributed by atoms with E-state index in [0.717, 1.165) is 6.26 Å². The van der Waals surface area contributed by atoms with Crippen molar-refractivity contribution in [2.75, 3.05) is 6.61 Å². The number of pyridine rings is 1. The molecule has 74 valence electrons. The van der Waals surface area contributed by atoms with Gasteiger partial charge in [-0.2, -0.15) is 0 Å². The first-order chi connectivity index (χ1) is 6.79. The quantitative estimate of drug-likeness (QED) is 0.449. The topological polar surface area (TPSA) is 59.4 Å². The van der Waals surface area contributed by atoms with Crippen LogP contribution in [-0.4, -0.2) is 22.7 Å². The fourth-order valence-electron chi connectivity index (χ4n) is 0.976. The van der Waals surface area contributed by atoms with E-state index < -0.39 is 5.97 Å². The summed E-state index contributed by atoms with van der Waals surface area (Å²) in [5.74, 6) is -0.553. The molecule has 0 aliphatic heterocycles.